The van der Waals surface area contributed by atoms with Crippen LogP contribution in [0.5, 0.6) is 0 Å². The fourth-order valence-corrected chi connectivity index (χ4v) is 2.69. The number of sulfonamides is 1. The number of amides is 1. The van der Waals surface area contributed by atoms with E-state index < -0.39 is 10.0 Å². The number of hydrogen-bond acceptors (Lipinski definition) is 4. The summed E-state index contributed by atoms with van der Waals surface area (Å²) in [5, 5.41) is 6.10. The van der Waals surface area contributed by atoms with Gasteiger partial charge >= 0.3 is 0 Å². The molecule has 1 saturated heterocycles. The molecule has 120 valence electrons. The third-order valence-electron chi connectivity index (χ3n) is 3.32. The summed E-state index contributed by atoms with van der Waals surface area (Å²) in [5.74, 6) is 0.779. The van der Waals surface area contributed by atoms with Crippen molar-refractivity contribution in [3.05, 3.63) is 0 Å². The van der Waals surface area contributed by atoms with Crippen LogP contribution in [0.4, 0.5) is 0 Å². The molecular formula is C12H26ClN3O3S. The molecule has 1 aliphatic rings. The zero-order valence-electron chi connectivity index (χ0n) is 12.0. The van der Waals surface area contributed by atoms with Gasteiger partial charge in [-0.1, -0.05) is 0 Å². The molecule has 0 aromatic carbocycles. The minimum Gasteiger partial charge on any atom is -0.356 e. The first kappa shape index (κ1) is 19.6. The van der Waals surface area contributed by atoms with Gasteiger partial charge in [0.1, 0.15) is 0 Å². The Hall–Kier alpha value is -0.370. The zero-order chi connectivity index (χ0) is 14.1. The van der Waals surface area contributed by atoms with E-state index in [-0.39, 0.29) is 24.1 Å². The van der Waals surface area contributed by atoms with Crippen LogP contribution in [0.2, 0.25) is 0 Å². The van der Waals surface area contributed by atoms with Gasteiger partial charge in [-0.25, -0.2) is 13.1 Å². The lowest BCUT2D eigenvalue weighted by molar-refractivity contribution is -0.121. The van der Waals surface area contributed by atoms with Gasteiger partial charge < -0.3 is 10.6 Å². The van der Waals surface area contributed by atoms with Crippen LogP contribution in [-0.4, -0.2) is 46.3 Å². The molecule has 1 aliphatic heterocycles. The van der Waals surface area contributed by atoms with Gasteiger partial charge in [-0.3, -0.25) is 4.79 Å². The second-order valence-corrected chi connectivity index (χ2v) is 6.99. The molecule has 6 nitrogen and oxygen atoms in total. The molecule has 0 spiro atoms. The monoisotopic (exact) mass is 327 g/mol. The Morgan fingerprint density at radius 1 is 1.35 bits per heavy atom. The molecule has 3 N–H and O–H groups in total. The molecule has 8 heteroatoms. The number of hydrogen-bond donors (Lipinski definition) is 3. The summed E-state index contributed by atoms with van der Waals surface area (Å²) >= 11 is 0. The highest BCUT2D eigenvalue weighted by Crippen LogP contribution is 2.13. The lowest BCUT2D eigenvalue weighted by Crippen LogP contribution is -2.30. The first-order valence-corrected chi connectivity index (χ1v) is 8.63. The van der Waals surface area contributed by atoms with Crippen LogP contribution in [0.3, 0.4) is 0 Å². The van der Waals surface area contributed by atoms with Gasteiger partial charge in [0.05, 0.1) is 5.75 Å². The zero-order valence-corrected chi connectivity index (χ0v) is 13.6. The van der Waals surface area contributed by atoms with Crippen LogP contribution in [0.1, 0.15) is 32.6 Å². The van der Waals surface area contributed by atoms with Crippen LogP contribution in [0.15, 0.2) is 0 Å². The van der Waals surface area contributed by atoms with E-state index in [4.69, 9.17) is 0 Å². The van der Waals surface area contributed by atoms with Crippen molar-refractivity contribution < 1.29 is 13.2 Å². The van der Waals surface area contributed by atoms with E-state index in [0.717, 1.165) is 25.9 Å². The maximum atomic E-state index is 11.5. The van der Waals surface area contributed by atoms with Crippen molar-refractivity contribution in [1.82, 2.24) is 15.4 Å². The van der Waals surface area contributed by atoms with Crippen molar-refractivity contribution >= 4 is 28.3 Å². The molecule has 1 heterocycles. The second kappa shape index (κ2) is 10.4. The minimum absolute atomic E-state index is 0. The number of carbonyl (C=O) groups excluding carboxylic acids is 1. The topological polar surface area (TPSA) is 87.3 Å². The van der Waals surface area contributed by atoms with E-state index >= 15 is 0 Å². The molecule has 0 aromatic rings. The second-order valence-electron chi connectivity index (χ2n) is 4.90. The Balaban J connectivity index is 0.00000361. The van der Waals surface area contributed by atoms with Crippen LogP contribution in [0.25, 0.3) is 0 Å². The smallest absolute Gasteiger partial charge is 0.220 e. The average Bonchev–Trinajstić information content (AvgIpc) is 2.89. The molecule has 20 heavy (non-hydrogen) atoms. The van der Waals surface area contributed by atoms with Crippen LogP contribution in [0, 0.1) is 5.92 Å². The third kappa shape index (κ3) is 8.73. The Morgan fingerprint density at radius 3 is 2.70 bits per heavy atom. The molecular weight excluding hydrogens is 302 g/mol. The Morgan fingerprint density at radius 2 is 2.10 bits per heavy atom. The van der Waals surface area contributed by atoms with E-state index in [1.54, 1.807) is 6.92 Å². The predicted octanol–water partition coefficient (Wildman–Crippen LogP) is 0.244. The maximum Gasteiger partial charge on any atom is 0.220 e. The van der Waals surface area contributed by atoms with Gasteiger partial charge in [-0.2, -0.15) is 0 Å². The molecule has 1 fully saturated rings. The van der Waals surface area contributed by atoms with E-state index in [1.807, 2.05) is 0 Å². The van der Waals surface area contributed by atoms with Crippen molar-refractivity contribution in [3.63, 3.8) is 0 Å². The maximum absolute atomic E-state index is 11.5. The highest BCUT2D eigenvalue weighted by molar-refractivity contribution is 7.89. The quantitative estimate of drug-likeness (QED) is 0.530. The van der Waals surface area contributed by atoms with Crippen molar-refractivity contribution in [2.24, 2.45) is 5.92 Å². The molecule has 1 unspecified atom stereocenters. The molecule has 1 amide bonds. The predicted molar refractivity (Wildman–Crippen MR) is 82.5 cm³/mol. The van der Waals surface area contributed by atoms with Gasteiger partial charge in [0.15, 0.2) is 0 Å². The van der Waals surface area contributed by atoms with Crippen molar-refractivity contribution in [2.75, 3.05) is 31.9 Å². The average molecular weight is 328 g/mol. The highest BCUT2D eigenvalue weighted by atomic mass is 35.5. The van der Waals surface area contributed by atoms with Crippen LogP contribution >= 0.6 is 12.4 Å². The van der Waals surface area contributed by atoms with Crippen molar-refractivity contribution in [2.45, 2.75) is 32.6 Å². The van der Waals surface area contributed by atoms with Crippen LogP contribution in [-0.2, 0) is 14.8 Å². The molecule has 0 aliphatic carbocycles. The Labute approximate surface area is 127 Å². The van der Waals surface area contributed by atoms with E-state index in [0.29, 0.717) is 31.8 Å². The third-order valence-corrected chi connectivity index (χ3v) is 4.72. The number of rotatable bonds is 9. The largest absolute Gasteiger partial charge is 0.356 e. The van der Waals surface area contributed by atoms with Gasteiger partial charge in [0.25, 0.3) is 0 Å². The Kier molecular flexibility index (Phi) is 10.2. The van der Waals surface area contributed by atoms with Gasteiger partial charge in [-0.05, 0) is 45.2 Å². The molecule has 0 aromatic heterocycles. The number of nitrogens with one attached hydrogen (secondary N) is 3. The molecule has 1 rings (SSSR count). The Bertz CT molecular complexity index is 370. The summed E-state index contributed by atoms with van der Waals surface area (Å²) in [7, 11) is -3.11. The van der Waals surface area contributed by atoms with Crippen molar-refractivity contribution in [1.29, 1.82) is 0 Å². The number of carbonyl (C=O) groups is 1. The first-order chi connectivity index (χ1) is 9.03. The fraction of sp³-hybridized carbons (Fsp3) is 0.917. The number of halogens is 1. The lowest BCUT2D eigenvalue weighted by Gasteiger charge is -2.09. The first-order valence-electron chi connectivity index (χ1n) is 6.98. The SMILES string of the molecule is CCS(=O)(=O)NCCCNC(=O)CCC1CCNC1.Cl. The van der Waals surface area contributed by atoms with E-state index in [2.05, 4.69) is 15.4 Å². The minimum atomic E-state index is -3.11. The van der Waals surface area contributed by atoms with Gasteiger partial charge in [0.2, 0.25) is 15.9 Å². The van der Waals surface area contributed by atoms with E-state index in [9.17, 15) is 13.2 Å². The normalized spacial score (nSPS) is 18.6. The highest BCUT2D eigenvalue weighted by Gasteiger charge is 2.15. The summed E-state index contributed by atoms with van der Waals surface area (Å²) in [6.07, 6.45) is 3.27. The summed E-state index contributed by atoms with van der Waals surface area (Å²) < 4.78 is 24.8. The summed E-state index contributed by atoms with van der Waals surface area (Å²) in [4.78, 5) is 11.5. The van der Waals surface area contributed by atoms with Crippen molar-refractivity contribution in [3.8, 4) is 0 Å². The van der Waals surface area contributed by atoms with Crippen LogP contribution < -0.4 is 15.4 Å². The van der Waals surface area contributed by atoms with Gasteiger partial charge in [-0.15, -0.1) is 12.4 Å². The summed E-state index contributed by atoms with van der Waals surface area (Å²) in [6.45, 7) is 4.58. The molecule has 0 bridgehead atoms. The lowest BCUT2D eigenvalue weighted by atomic mass is 10.0. The summed E-state index contributed by atoms with van der Waals surface area (Å²) in [6, 6.07) is 0. The molecule has 0 radical (unpaired) electrons. The molecule has 0 saturated carbocycles. The fourth-order valence-electron chi connectivity index (χ4n) is 2.03. The summed E-state index contributed by atoms with van der Waals surface area (Å²) in [5.41, 5.74) is 0. The standard InChI is InChI=1S/C12H25N3O3S.ClH/c1-2-19(17,18)15-8-3-7-14-12(16)5-4-11-6-9-13-10-11;/h11,13,15H,2-10H2,1H3,(H,14,16);1H. The van der Waals surface area contributed by atoms with Gasteiger partial charge in [0, 0.05) is 19.5 Å². The van der Waals surface area contributed by atoms with E-state index in [1.165, 1.54) is 0 Å². The molecule has 1 atom stereocenters.